The quantitative estimate of drug-likeness (QED) is 0.864. The lowest BCUT2D eigenvalue weighted by atomic mass is 10.1. The fraction of sp³-hybridized carbons (Fsp3) is 0.500. The second-order valence-corrected chi connectivity index (χ2v) is 5.42. The van der Waals surface area contributed by atoms with Crippen LogP contribution in [0.15, 0.2) is 18.2 Å². The molecule has 1 aromatic carbocycles. The molecular formula is C16H21NO4. The van der Waals surface area contributed by atoms with Crippen LogP contribution >= 0.6 is 0 Å². The molecule has 5 nitrogen and oxygen atoms in total. The number of para-hydroxylation sites is 1. The van der Waals surface area contributed by atoms with Gasteiger partial charge >= 0.3 is 5.97 Å². The van der Waals surface area contributed by atoms with E-state index in [2.05, 4.69) is 4.74 Å². The van der Waals surface area contributed by atoms with Crippen molar-refractivity contribution < 1.29 is 19.4 Å². The van der Waals surface area contributed by atoms with Gasteiger partial charge in [-0.15, -0.1) is 0 Å². The Morgan fingerprint density at radius 2 is 2.00 bits per heavy atom. The molecule has 1 N–H and O–H groups in total. The fourth-order valence-corrected chi connectivity index (χ4v) is 2.77. The van der Waals surface area contributed by atoms with Crippen molar-refractivity contribution in [3.8, 4) is 5.75 Å². The van der Waals surface area contributed by atoms with Gasteiger partial charge in [0.15, 0.2) is 0 Å². The van der Waals surface area contributed by atoms with Gasteiger partial charge in [0.1, 0.15) is 12.3 Å². The number of amides is 1. The molecule has 1 saturated carbocycles. The largest absolute Gasteiger partial charge is 0.507 e. The molecule has 0 saturated heterocycles. The zero-order valence-electron chi connectivity index (χ0n) is 12.5. The highest BCUT2D eigenvalue weighted by Gasteiger charge is 2.30. The second kappa shape index (κ2) is 6.61. The molecule has 1 aliphatic rings. The summed E-state index contributed by atoms with van der Waals surface area (Å²) >= 11 is 0. The zero-order chi connectivity index (χ0) is 15.4. The van der Waals surface area contributed by atoms with E-state index in [4.69, 9.17) is 0 Å². The van der Waals surface area contributed by atoms with E-state index < -0.39 is 5.97 Å². The molecule has 1 aromatic rings. The standard InChI is InChI=1S/C16H21NO4/c1-11-6-5-9-13(15(11)19)16(20)17(10-14(18)21-2)12-7-3-4-8-12/h5-6,9,12,19H,3-4,7-8,10H2,1-2H3. The number of ether oxygens (including phenoxy) is 1. The summed E-state index contributed by atoms with van der Waals surface area (Å²) in [6.45, 7) is 1.67. The van der Waals surface area contributed by atoms with Gasteiger partial charge in [-0.25, -0.2) is 0 Å². The lowest BCUT2D eigenvalue weighted by Crippen LogP contribution is -2.42. The van der Waals surface area contributed by atoms with Crippen molar-refractivity contribution in [3.63, 3.8) is 0 Å². The first kappa shape index (κ1) is 15.4. The van der Waals surface area contributed by atoms with E-state index in [9.17, 15) is 14.7 Å². The maximum Gasteiger partial charge on any atom is 0.325 e. The molecule has 1 aliphatic carbocycles. The highest BCUT2D eigenvalue weighted by Crippen LogP contribution is 2.28. The minimum Gasteiger partial charge on any atom is -0.507 e. The summed E-state index contributed by atoms with van der Waals surface area (Å²) in [6, 6.07) is 5.10. The van der Waals surface area contributed by atoms with E-state index in [1.54, 1.807) is 25.1 Å². The molecule has 0 aliphatic heterocycles. The zero-order valence-corrected chi connectivity index (χ0v) is 12.5. The number of aryl methyl sites for hydroxylation is 1. The molecule has 114 valence electrons. The number of hydrogen-bond donors (Lipinski definition) is 1. The molecule has 2 rings (SSSR count). The lowest BCUT2D eigenvalue weighted by molar-refractivity contribution is -0.141. The minimum atomic E-state index is -0.442. The van der Waals surface area contributed by atoms with Crippen LogP contribution < -0.4 is 0 Å². The van der Waals surface area contributed by atoms with E-state index in [0.717, 1.165) is 25.7 Å². The first-order valence-electron chi connectivity index (χ1n) is 7.21. The summed E-state index contributed by atoms with van der Waals surface area (Å²) in [6.07, 6.45) is 3.87. The molecule has 0 aromatic heterocycles. The van der Waals surface area contributed by atoms with Gasteiger partial charge in [-0.3, -0.25) is 9.59 Å². The number of esters is 1. The van der Waals surface area contributed by atoms with Gasteiger partial charge in [-0.1, -0.05) is 25.0 Å². The Labute approximate surface area is 124 Å². The normalized spacial score (nSPS) is 15.0. The molecular weight excluding hydrogens is 270 g/mol. The smallest absolute Gasteiger partial charge is 0.325 e. The molecule has 5 heteroatoms. The second-order valence-electron chi connectivity index (χ2n) is 5.42. The number of nitrogens with zero attached hydrogens (tertiary/aromatic N) is 1. The van der Waals surface area contributed by atoms with Gasteiger partial charge < -0.3 is 14.7 Å². The van der Waals surface area contributed by atoms with Crippen molar-refractivity contribution in [1.82, 2.24) is 4.90 Å². The van der Waals surface area contributed by atoms with E-state index in [1.807, 2.05) is 0 Å². The van der Waals surface area contributed by atoms with Crippen LogP contribution in [0.5, 0.6) is 5.75 Å². The lowest BCUT2D eigenvalue weighted by Gasteiger charge is -2.28. The van der Waals surface area contributed by atoms with Crippen molar-refractivity contribution in [2.75, 3.05) is 13.7 Å². The molecule has 0 radical (unpaired) electrons. The molecule has 0 bridgehead atoms. The first-order chi connectivity index (χ1) is 10.0. The SMILES string of the molecule is COC(=O)CN(C(=O)c1cccc(C)c1O)C1CCCC1. The van der Waals surface area contributed by atoms with Crippen LogP contribution in [-0.2, 0) is 9.53 Å². The number of phenolic OH excluding ortho intramolecular Hbond substituents is 1. The number of rotatable bonds is 4. The Hall–Kier alpha value is -2.04. The Balaban J connectivity index is 2.28. The van der Waals surface area contributed by atoms with Crippen molar-refractivity contribution in [1.29, 1.82) is 0 Å². The van der Waals surface area contributed by atoms with Crippen LogP contribution in [0, 0.1) is 6.92 Å². The number of benzene rings is 1. The van der Waals surface area contributed by atoms with Gasteiger partial charge in [-0.05, 0) is 31.4 Å². The summed E-state index contributed by atoms with van der Waals surface area (Å²) in [5, 5.41) is 10.1. The number of carbonyl (C=O) groups excluding carboxylic acids is 2. The molecule has 0 unspecified atom stereocenters. The molecule has 0 spiro atoms. The van der Waals surface area contributed by atoms with Crippen LogP contribution in [-0.4, -0.2) is 41.6 Å². The Bertz CT molecular complexity index is 535. The average Bonchev–Trinajstić information content (AvgIpc) is 3.00. The average molecular weight is 291 g/mol. The topological polar surface area (TPSA) is 66.8 Å². The van der Waals surface area contributed by atoms with Crippen LogP contribution in [0.2, 0.25) is 0 Å². The highest BCUT2D eigenvalue weighted by molar-refractivity contribution is 5.98. The van der Waals surface area contributed by atoms with E-state index in [-0.39, 0.29) is 29.8 Å². The maximum absolute atomic E-state index is 12.7. The summed E-state index contributed by atoms with van der Waals surface area (Å²) < 4.78 is 4.68. The summed E-state index contributed by atoms with van der Waals surface area (Å²) in [5.74, 6) is -0.772. The molecule has 21 heavy (non-hydrogen) atoms. The summed E-state index contributed by atoms with van der Waals surface area (Å²) in [7, 11) is 1.31. The van der Waals surface area contributed by atoms with Crippen LogP contribution in [0.1, 0.15) is 41.6 Å². The van der Waals surface area contributed by atoms with E-state index in [0.29, 0.717) is 5.56 Å². The molecule has 0 heterocycles. The monoisotopic (exact) mass is 291 g/mol. The number of aromatic hydroxyl groups is 1. The van der Waals surface area contributed by atoms with Gasteiger partial charge in [0.2, 0.25) is 0 Å². The first-order valence-corrected chi connectivity index (χ1v) is 7.21. The number of hydrogen-bond acceptors (Lipinski definition) is 4. The number of phenols is 1. The molecule has 1 fully saturated rings. The van der Waals surface area contributed by atoms with Gasteiger partial charge in [0.05, 0.1) is 12.7 Å². The van der Waals surface area contributed by atoms with Crippen molar-refractivity contribution in [2.24, 2.45) is 0 Å². The predicted molar refractivity (Wildman–Crippen MR) is 78.2 cm³/mol. The Morgan fingerprint density at radius 1 is 1.33 bits per heavy atom. The minimum absolute atomic E-state index is 0.0182. The third kappa shape index (κ3) is 3.35. The van der Waals surface area contributed by atoms with Crippen molar-refractivity contribution >= 4 is 11.9 Å². The van der Waals surface area contributed by atoms with E-state index in [1.165, 1.54) is 12.0 Å². The van der Waals surface area contributed by atoms with Crippen LogP contribution in [0.25, 0.3) is 0 Å². The third-order valence-corrected chi connectivity index (χ3v) is 4.02. The predicted octanol–water partition coefficient (Wildman–Crippen LogP) is 2.26. The summed E-state index contributed by atoms with van der Waals surface area (Å²) in [4.78, 5) is 25.8. The van der Waals surface area contributed by atoms with E-state index >= 15 is 0 Å². The van der Waals surface area contributed by atoms with Gasteiger partial charge in [-0.2, -0.15) is 0 Å². The van der Waals surface area contributed by atoms with Crippen molar-refractivity contribution in [3.05, 3.63) is 29.3 Å². The van der Waals surface area contributed by atoms with Crippen LogP contribution in [0.4, 0.5) is 0 Å². The maximum atomic E-state index is 12.7. The number of carbonyl (C=O) groups is 2. The van der Waals surface area contributed by atoms with Crippen molar-refractivity contribution in [2.45, 2.75) is 38.6 Å². The highest BCUT2D eigenvalue weighted by atomic mass is 16.5. The third-order valence-electron chi connectivity index (χ3n) is 4.02. The van der Waals surface area contributed by atoms with Gasteiger partial charge in [0, 0.05) is 6.04 Å². The Morgan fingerprint density at radius 3 is 2.62 bits per heavy atom. The van der Waals surface area contributed by atoms with Gasteiger partial charge in [0.25, 0.3) is 5.91 Å². The Kier molecular flexibility index (Phi) is 4.83. The number of methoxy groups -OCH3 is 1. The summed E-state index contributed by atoms with van der Waals surface area (Å²) in [5.41, 5.74) is 0.885. The van der Waals surface area contributed by atoms with Crippen LogP contribution in [0.3, 0.4) is 0 Å². The fourth-order valence-electron chi connectivity index (χ4n) is 2.77. The molecule has 0 atom stereocenters. The molecule has 1 amide bonds.